The fraction of sp³-hybridized carbons (Fsp3) is 0.364. The summed E-state index contributed by atoms with van der Waals surface area (Å²) in [5.74, 6) is -0.962. The first-order valence-corrected chi connectivity index (χ1v) is 11.1. The Hall–Kier alpha value is -2.55. The van der Waals surface area contributed by atoms with Crippen LogP contribution in [-0.4, -0.2) is 57.4 Å². The van der Waals surface area contributed by atoms with Crippen LogP contribution in [0.5, 0.6) is 0 Å². The number of carbonyl (C=O) groups is 2. The highest BCUT2D eigenvalue weighted by molar-refractivity contribution is 7.89. The molecule has 0 aliphatic carbocycles. The molecule has 0 aromatic heterocycles. The van der Waals surface area contributed by atoms with E-state index in [1.165, 1.54) is 28.6 Å². The van der Waals surface area contributed by atoms with Crippen molar-refractivity contribution in [1.82, 2.24) is 4.31 Å². The van der Waals surface area contributed by atoms with Crippen LogP contribution < -0.4 is 0 Å². The monoisotopic (exact) mass is 431 g/mol. The second kappa shape index (κ2) is 9.07. The molecule has 0 saturated carbocycles. The van der Waals surface area contributed by atoms with Gasteiger partial charge >= 0.3 is 5.97 Å². The zero-order valence-corrected chi connectivity index (χ0v) is 18.1. The first-order chi connectivity index (χ1) is 14.2. The summed E-state index contributed by atoms with van der Waals surface area (Å²) in [6.07, 6.45) is 0. The van der Waals surface area contributed by atoms with E-state index in [-0.39, 0.29) is 22.8 Å². The van der Waals surface area contributed by atoms with Crippen LogP contribution in [0.25, 0.3) is 0 Å². The smallest absolute Gasteiger partial charge is 0.338 e. The van der Waals surface area contributed by atoms with Gasteiger partial charge in [-0.15, -0.1) is 0 Å². The van der Waals surface area contributed by atoms with E-state index in [9.17, 15) is 18.0 Å². The molecule has 0 spiro atoms. The van der Waals surface area contributed by atoms with Gasteiger partial charge in [0.2, 0.25) is 15.8 Å². The van der Waals surface area contributed by atoms with Crippen LogP contribution in [0, 0.1) is 20.8 Å². The molecule has 2 aromatic carbocycles. The van der Waals surface area contributed by atoms with Crippen molar-refractivity contribution in [1.29, 1.82) is 0 Å². The summed E-state index contributed by atoms with van der Waals surface area (Å²) in [6, 6.07) is 9.25. The fourth-order valence-corrected chi connectivity index (χ4v) is 4.66. The summed E-state index contributed by atoms with van der Waals surface area (Å²) < 4.78 is 37.0. The molecule has 3 rings (SSSR count). The summed E-state index contributed by atoms with van der Waals surface area (Å²) in [5, 5.41) is 0. The first kappa shape index (κ1) is 22.1. The maximum Gasteiger partial charge on any atom is 0.338 e. The molecule has 30 heavy (non-hydrogen) atoms. The molecule has 7 nitrogen and oxygen atoms in total. The van der Waals surface area contributed by atoms with Gasteiger partial charge in [-0.3, -0.25) is 4.79 Å². The number of ether oxygens (including phenoxy) is 2. The fourth-order valence-electron chi connectivity index (χ4n) is 3.25. The Morgan fingerprint density at radius 3 is 2.20 bits per heavy atom. The molecule has 1 heterocycles. The number of aryl methyl sites for hydroxylation is 3. The average Bonchev–Trinajstić information content (AvgIpc) is 2.75. The largest absolute Gasteiger partial charge is 0.454 e. The molecule has 8 heteroatoms. The number of ketones is 1. The Balaban J connectivity index is 1.65. The molecular weight excluding hydrogens is 406 g/mol. The molecule has 160 valence electrons. The third-order valence-corrected chi connectivity index (χ3v) is 7.09. The SMILES string of the molecule is Cc1cc(C)c(C(=O)COC(=O)c2ccc(S(=O)(=O)N3CCOCC3)cc2)cc1C. The molecule has 0 amide bonds. The third-order valence-electron chi connectivity index (χ3n) is 5.17. The minimum atomic E-state index is -3.63. The molecule has 1 aliphatic heterocycles. The molecule has 1 fully saturated rings. The van der Waals surface area contributed by atoms with Crippen LogP contribution in [0.2, 0.25) is 0 Å². The number of carbonyl (C=O) groups excluding carboxylic acids is 2. The number of esters is 1. The molecule has 1 saturated heterocycles. The molecule has 0 N–H and O–H groups in total. The second-order valence-electron chi connectivity index (χ2n) is 7.29. The summed E-state index contributed by atoms with van der Waals surface area (Å²) in [7, 11) is -3.63. The van der Waals surface area contributed by atoms with Gasteiger partial charge in [-0.1, -0.05) is 6.07 Å². The standard InChI is InChI=1S/C22H25NO6S/c1-15-12-17(3)20(13-16(15)2)21(24)14-29-22(25)18-4-6-19(7-5-18)30(26,27)23-8-10-28-11-9-23/h4-7,12-13H,8-11,14H2,1-3H3. The summed E-state index contributed by atoms with van der Waals surface area (Å²) in [6.45, 7) is 6.67. The van der Waals surface area contributed by atoms with Crippen LogP contribution in [0.15, 0.2) is 41.3 Å². The van der Waals surface area contributed by atoms with E-state index < -0.39 is 16.0 Å². The number of rotatable bonds is 6. The predicted molar refractivity (Wildman–Crippen MR) is 111 cm³/mol. The lowest BCUT2D eigenvalue weighted by Crippen LogP contribution is -2.40. The van der Waals surface area contributed by atoms with Crippen LogP contribution in [-0.2, 0) is 19.5 Å². The van der Waals surface area contributed by atoms with Gasteiger partial charge in [0.1, 0.15) is 0 Å². The zero-order valence-electron chi connectivity index (χ0n) is 17.3. The van der Waals surface area contributed by atoms with E-state index >= 15 is 0 Å². The van der Waals surface area contributed by atoms with Crippen LogP contribution in [0.3, 0.4) is 0 Å². The van der Waals surface area contributed by atoms with Crippen LogP contribution >= 0.6 is 0 Å². The number of nitrogens with zero attached hydrogens (tertiary/aromatic N) is 1. The Kier molecular flexibility index (Phi) is 6.70. The average molecular weight is 432 g/mol. The topological polar surface area (TPSA) is 90.0 Å². The number of hydrogen-bond acceptors (Lipinski definition) is 6. The Morgan fingerprint density at radius 2 is 1.57 bits per heavy atom. The van der Waals surface area contributed by atoms with Crippen molar-refractivity contribution in [3.63, 3.8) is 0 Å². The molecular formula is C22H25NO6S. The van der Waals surface area contributed by atoms with Crippen molar-refractivity contribution >= 4 is 21.8 Å². The highest BCUT2D eigenvalue weighted by Crippen LogP contribution is 2.19. The van der Waals surface area contributed by atoms with E-state index in [1.807, 2.05) is 26.8 Å². The van der Waals surface area contributed by atoms with Crippen molar-refractivity contribution in [3.8, 4) is 0 Å². The molecule has 0 atom stereocenters. The highest BCUT2D eigenvalue weighted by Gasteiger charge is 2.26. The third kappa shape index (κ3) is 4.77. The number of benzene rings is 2. The van der Waals surface area contributed by atoms with Crippen LogP contribution in [0.4, 0.5) is 0 Å². The summed E-state index contributed by atoms with van der Waals surface area (Å²) in [4.78, 5) is 24.9. The molecule has 0 bridgehead atoms. The number of sulfonamides is 1. The Bertz CT molecular complexity index is 1050. The van der Waals surface area contributed by atoms with Crippen LogP contribution in [0.1, 0.15) is 37.4 Å². The Morgan fingerprint density at radius 1 is 0.967 bits per heavy atom. The number of morpholine rings is 1. The molecule has 0 radical (unpaired) electrons. The van der Waals surface area contributed by atoms with Gasteiger partial charge in [0.15, 0.2) is 6.61 Å². The van der Waals surface area contributed by atoms with E-state index in [1.54, 1.807) is 6.07 Å². The quantitative estimate of drug-likeness (QED) is 0.516. The van der Waals surface area contributed by atoms with Crippen molar-refractivity contribution in [2.75, 3.05) is 32.9 Å². The molecule has 1 aliphatic rings. The second-order valence-corrected chi connectivity index (χ2v) is 9.23. The number of hydrogen-bond donors (Lipinski definition) is 0. The van der Waals surface area contributed by atoms with E-state index in [2.05, 4.69) is 0 Å². The van der Waals surface area contributed by atoms with E-state index in [0.29, 0.717) is 31.9 Å². The van der Waals surface area contributed by atoms with Crippen molar-refractivity contribution in [3.05, 3.63) is 64.2 Å². The lowest BCUT2D eigenvalue weighted by Gasteiger charge is -2.26. The lowest BCUT2D eigenvalue weighted by molar-refractivity contribution is 0.0474. The van der Waals surface area contributed by atoms with Gasteiger partial charge in [-0.05, 0) is 67.8 Å². The first-order valence-electron chi connectivity index (χ1n) is 9.66. The molecule has 2 aromatic rings. The van der Waals surface area contributed by atoms with Gasteiger partial charge in [0.05, 0.1) is 23.7 Å². The van der Waals surface area contributed by atoms with E-state index in [4.69, 9.17) is 9.47 Å². The zero-order chi connectivity index (χ0) is 21.9. The minimum absolute atomic E-state index is 0.0998. The highest BCUT2D eigenvalue weighted by atomic mass is 32.2. The summed E-state index contributed by atoms with van der Waals surface area (Å²) >= 11 is 0. The van der Waals surface area contributed by atoms with E-state index in [0.717, 1.165) is 16.7 Å². The van der Waals surface area contributed by atoms with Gasteiger partial charge < -0.3 is 9.47 Å². The minimum Gasteiger partial charge on any atom is -0.454 e. The van der Waals surface area contributed by atoms with Gasteiger partial charge in [0, 0.05) is 18.7 Å². The van der Waals surface area contributed by atoms with Gasteiger partial charge in [-0.2, -0.15) is 4.31 Å². The summed E-state index contributed by atoms with van der Waals surface area (Å²) in [5.41, 5.74) is 3.62. The normalized spacial score (nSPS) is 15.0. The predicted octanol–water partition coefficient (Wildman–Crippen LogP) is 2.67. The Labute approximate surface area is 176 Å². The van der Waals surface area contributed by atoms with Crippen molar-refractivity contribution in [2.24, 2.45) is 0 Å². The van der Waals surface area contributed by atoms with Gasteiger partial charge in [0.25, 0.3) is 0 Å². The maximum absolute atomic E-state index is 12.6. The lowest BCUT2D eigenvalue weighted by atomic mass is 9.98. The van der Waals surface area contributed by atoms with Crippen molar-refractivity contribution < 1.29 is 27.5 Å². The number of Topliss-reactive ketones (excluding diaryl/α,β-unsaturated/α-hetero) is 1. The molecule has 0 unspecified atom stereocenters. The maximum atomic E-state index is 12.6. The van der Waals surface area contributed by atoms with Crippen molar-refractivity contribution in [2.45, 2.75) is 25.7 Å². The van der Waals surface area contributed by atoms with Gasteiger partial charge in [-0.25, -0.2) is 13.2 Å².